The van der Waals surface area contributed by atoms with Crippen LogP contribution < -0.4 is 20.8 Å². The molecule has 0 saturated carbocycles. The Bertz CT molecular complexity index is 1180. The van der Waals surface area contributed by atoms with E-state index in [0.29, 0.717) is 36.0 Å². The van der Waals surface area contributed by atoms with E-state index < -0.39 is 0 Å². The maximum Gasteiger partial charge on any atom is 0.209 e. The Morgan fingerprint density at radius 2 is 1.94 bits per heavy atom. The molecule has 2 aromatic carbocycles. The van der Waals surface area contributed by atoms with Gasteiger partial charge in [0, 0.05) is 37.1 Å². The van der Waals surface area contributed by atoms with Crippen LogP contribution in [0.4, 0.5) is 11.4 Å². The molecular formula is C24H25N5O3. The number of morpholine rings is 1. The largest absolute Gasteiger partial charge is 0.494 e. The zero-order valence-electron chi connectivity index (χ0n) is 17.8. The van der Waals surface area contributed by atoms with Crippen molar-refractivity contribution in [3.8, 4) is 11.4 Å². The van der Waals surface area contributed by atoms with Gasteiger partial charge in [-0.3, -0.25) is 4.79 Å². The summed E-state index contributed by atoms with van der Waals surface area (Å²) in [6.07, 6.45) is 4.53. The molecule has 1 aliphatic heterocycles. The van der Waals surface area contributed by atoms with Crippen LogP contribution in [0.25, 0.3) is 5.69 Å². The third-order valence-corrected chi connectivity index (χ3v) is 5.10. The average Bonchev–Trinajstić information content (AvgIpc) is 2.85. The van der Waals surface area contributed by atoms with Crippen LogP contribution >= 0.6 is 0 Å². The van der Waals surface area contributed by atoms with Crippen molar-refractivity contribution in [2.45, 2.75) is 0 Å². The quantitative estimate of drug-likeness (QED) is 0.603. The number of hydrogen-bond donors (Lipinski definition) is 1. The van der Waals surface area contributed by atoms with Gasteiger partial charge in [-0.25, -0.2) is 9.67 Å². The number of para-hydroxylation sites is 1. The number of benzene rings is 2. The minimum atomic E-state index is -0.252. The molecule has 0 amide bonds. The molecule has 1 fully saturated rings. The van der Waals surface area contributed by atoms with Gasteiger partial charge in [-0.05, 0) is 36.5 Å². The van der Waals surface area contributed by atoms with Gasteiger partial charge in [-0.1, -0.05) is 18.2 Å². The summed E-state index contributed by atoms with van der Waals surface area (Å²) < 4.78 is 12.7. The summed E-state index contributed by atoms with van der Waals surface area (Å²) in [6.45, 7) is 3.06. The van der Waals surface area contributed by atoms with Gasteiger partial charge in [0.05, 0.1) is 31.7 Å². The smallest absolute Gasteiger partial charge is 0.209 e. The van der Waals surface area contributed by atoms with Gasteiger partial charge in [0.2, 0.25) is 5.43 Å². The summed E-state index contributed by atoms with van der Waals surface area (Å²) >= 11 is 0. The molecule has 0 atom stereocenters. The fourth-order valence-corrected chi connectivity index (χ4v) is 3.49. The molecular weight excluding hydrogens is 406 g/mol. The van der Waals surface area contributed by atoms with Crippen LogP contribution in [0.15, 0.2) is 82.9 Å². The first kappa shape index (κ1) is 21.3. The van der Waals surface area contributed by atoms with Crippen LogP contribution in [-0.2, 0) is 4.74 Å². The maximum atomic E-state index is 12.6. The van der Waals surface area contributed by atoms with E-state index in [1.54, 1.807) is 24.1 Å². The Kier molecular flexibility index (Phi) is 6.62. The first-order chi connectivity index (χ1) is 15.7. The van der Waals surface area contributed by atoms with Crippen LogP contribution in [0.5, 0.6) is 5.75 Å². The van der Waals surface area contributed by atoms with Gasteiger partial charge < -0.3 is 20.1 Å². The summed E-state index contributed by atoms with van der Waals surface area (Å²) in [6, 6.07) is 16.7. The average molecular weight is 431 g/mol. The fourth-order valence-electron chi connectivity index (χ4n) is 3.49. The number of nitrogens with zero attached hydrogens (tertiary/aromatic N) is 4. The SMILES string of the molecule is COc1cc(N2CCOCC2)ccc1-n1ccc(=O)c(C(C=CN)=Nc2ccccc2)n1. The van der Waals surface area contributed by atoms with Crippen LogP contribution in [0.3, 0.4) is 0 Å². The molecule has 2 heterocycles. The minimum Gasteiger partial charge on any atom is -0.494 e. The van der Waals surface area contributed by atoms with E-state index in [2.05, 4.69) is 15.0 Å². The number of anilines is 1. The molecule has 1 aliphatic rings. The number of allylic oxidation sites excluding steroid dienone is 1. The van der Waals surface area contributed by atoms with E-state index in [0.717, 1.165) is 18.8 Å². The van der Waals surface area contributed by atoms with Crippen molar-refractivity contribution >= 4 is 17.1 Å². The van der Waals surface area contributed by atoms with Gasteiger partial charge in [-0.2, -0.15) is 5.10 Å². The van der Waals surface area contributed by atoms with Crippen molar-refractivity contribution in [3.05, 3.63) is 89.0 Å². The third kappa shape index (κ3) is 4.70. The topological polar surface area (TPSA) is 95.0 Å². The van der Waals surface area contributed by atoms with E-state index in [4.69, 9.17) is 15.2 Å². The molecule has 0 unspecified atom stereocenters. The summed E-state index contributed by atoms with van der Waals surface area (Å²) in [5.41, 5.74) is 8.40. The van der Waals surface area contributed by atoms with Crippen molar-refractivity contribution in [3.63, 3.8) is 0 Å². The van der Waals surface area contributed by atoms with Crippen LogP contribution in [0.2, 0.25) is 0 Å². The van der Waals surface area contributed by atoms with E-state index in [-0.39, 0.29) is 11.1 Å². The molecule has 8 nitrogen and oxygen atoms in total. The zero-order chi connectivity index (χ0) is 22.3. The van der Waals surface area contributed by atoms with Crippen molar-refractivity contribution in [1.29, 1.82) is 0 Å². The van der Waals surface area contributed by atoms with Crippen LogP contribution in [0.1, 0.15) is 5.69 Å². The predicted molar refractivity (Wildman–Crippen MR) is 125 cm³/mol. The normalized spacial score (nSPS) is 14.7. The third-order valence-electron chi connectivity index (χ3n) is 5.10. The van der Waals surface area contributed by atoms with E-state index in [9.17, 15) is 4.79 Å². The molecule has 0 aliphatic carbocycles. The highest BCUT2D eigenvalue weighted by Gasteiger charge is 2.16. The second-order valence-electron chi connectivity index (χ2n) is 7.12. The molecule has 164 valence electrons. The Balaban J connectivity index is 1.75. The molecule has 4 rings (SSSR count). The van der Waals surface area contributed by atoms with Gasteiger partial charge in [0.25, 0.3) is 0 Å². The zero-order valence-corrected chi connectivity index (χ0v) is 17.8. The second-order valence-corrected chi connectivity index (χ2v) is 7.12. The summed E-state index contributed by atoms with van der Waals surface area (Å²) in [4.78, 5) is 19.4. The van der Waals surface area contributed by atoms with Gasteiger partial charge in [0.15, 0.2) is 5.69 Å². The Morgan fingerprint density at radius 3 is 2.66 bits per heavy atom. The number of nitrogens with two attached hydrogens (primary N) is 1. The number of methoxy groups -OCH3 is 1. The predicted octanol–water partition coefficient (Wildman–Crippen LogP) is 2.67. The molecule has 0 radical (unpaired) electrons. The van der Waals surface area contributed by atoms with E-state index in [1.165, 1.54) is 12.3 Å². The first-order valence-electron chi connectivity index (χ1n) is 10.3. The van der Waals surface area contributed by atoms with Gasteiger partial charge in [0.1, 0.15) is 11.4 Å². The van der Waals surface area contributed by atoms with Crippen molar-refractivity contribution < 1.29 is 9.47 Å². The molecule has 1 aromatic heterocycles. The lowest BCUT2D eigenvalue weighted by atomic mass is 10.2. The molecule has 8 heteroatoms. The number of rotatable bonds is 6. The van der Waals surface area contributed by atoms with Crippen molar-refractivity contribution in [2.75, 3.05) is 38.3 Å². The number of aliphatic imine (C=N–C) groups is 1. The number of aromatic nitrogens is 2. The molecule has 2 N–H and O–H groups in total. The Morgan fingerprint density at radius 1 is 1.16 bits per heavy atom. The lowest BCUT2D eigenvalue weighted by Gasteiger charge is -2.29. The Labute approximate surface area is 186 Å². The highest BCUT2D eigenvalue weighted by Crippen LogP contribution is 2.28. The molecule has 3 aromatic rings. The van der Waals surface area contributed by atoms with Crippen molar-refractivity contribution in [1.82, 2.24) is 9.78 Å². The number of hydrogen-bond acceptors (Lipinski definition) is 7. The lowest BCUT2D eigenvalue weighted by Crippen LogP contribution is -2.36. The number of ether oxygens (including phenoxy) is 2. The molecule has 1 saturated heterocycles. The van der Waals surface area contributed by atoms with Crippen molar-refractivity contribution in [2.24, 2.45) is 10.7 Å². The summed E-state index contributed by atoms with van der Waals surface area (Å²) in [5, 5.41) is 4.56. The van der Waals surface area contributed by atoms with Gasteiger partial charge in [-0.15, -0.1) is 0 Å². The van der Waals surface area contributed by atoms with E-state index >= 15 is 0 Å². The molecule has 32 heavy (non-hydrogen) atoms. The summed E-state index contributed by atoms with van der Waals surface area (Å²) in [7, 11) is 1.62. The first-order valence-corrected chi connectivity index (χ1v) is 10.3. The standard InChI is InChI=1S/C24H25N5O3/c1-31-23-17-19(28-13-15-32-16-14-28)7-8-21(23)29-12-10-22(30)24(27-29)20(9-11-25)26-18-5-3-2-4-6-18/h2-12,17H,13-16,25H2,1H3. The second kappa shape index (κ2) is 9.93. The lowest BCUT2D eigenvalue weighted by molar-refractivity contribution is 0.122. The fraction of sp³-hybridized carbons (Fsp3) is 0.208. The molecule has 0 spiro atoms. The highest BCUT2D eigenvalue weighted by molar-refractivity contribution is 6.08. The highest BCUT2D eigenvalue weighted by atomic mass is 16.5. The van der Waals surface area contributed by atoms with Crippen LogP contribution in [0, 0.1) is 0 Å². The monoisotopic (exact) mass is 431 g/mol. The summed E-state index contributed by atoms with van der Waals surface area (Å²) in [5.74, 6) is 0.645. The minimum absolute atomic E-state index is 0.192. The maximum absolute atomic E-state index is 12.6. The Hall–Kier alpha value is -3.91. The van der Waals surface area contributed by atoms with E-state index in [1.807, 2.05) is 48.5 Å². The van der Waals surface area contributed by atoms with Gasteiger partial charge >= 0.3 is 0 Å². The van der Waals surface area contributed by atoms with Crippen LogP contribution in [-0.4, -0.2) is 48.9 Å². The molecule has 0 bridgehead atoms.